The van der Waals surface area contributed by atoms with Gasteiger partial charge in [0.2, 0.25) is 0 Å². The van der Waals surface area contributed by atoms with Crippen LogP contribution in [0, 0.1) is 11.6 Å². The molecule has 152 valence electrons. The van der Waals surface area contributed by atoms with E-state index < -0.39 is 17.2 Å². The average molecular weight is 392 g/mol. The molecule has 1 aromatic carbocycles. The fourth-order valence-corrected chi connectivity index (χ4v) is 3.03. The molecule has 1 aliphatic heterocycles. The maximum atomic E-state index is 13.9. The zero-order chi connectivity index (χ0) is 20.9. The molecule has 5 nitrogen and oxygen atoms in total. The Labute approximate surface area is 164 Å². The molecule has 7 heteroatoms. The molecule has 0 bridgehead atoms. The van der Waals surface area contributed by atoms with E-state index in [9.17, 15) is 18.4 Å². The van der Waals surface area contributed by atoms with Crippen molar-refractivity contribution in [3.05, 3.63) is 47.2 Å². The van der Waals surface area contributed by atoms with E-state index in [2.05, 4.69) is 5.32 Å². The van der Waals surface area contributed by atoms with Gasteiger partial charge in [0, 0.05) is 30.4 Å². The number of hydrogen-bond acceptors (Lipinski definition) is 4. The lowest BCUT2D eigenvalue weighted by atomic mass is 10.0. The van der Waals surface area contributed by atoms with E-state index in [1.807, 2.05) is 20.8 Å². The van der Waals surface area contributed by atoms with Gasteiger partial charge >= 0.3 is 6.09 Å². The Morgan fingerprint density at radius 3 is 2.71 bits per heavy atom. The van der Waals surface area contributed by atoms with Crippen LogP contribution in [0.25, 0.3) is 5.57 Å². The van der Waals surface area contributed by atoms with Crippen molar-refractivity contribution in [2.75, 3.05) is 13.1 Å². The van der Waals surface area contributed by atoms with Gasteiger partial charge in [-0.15, -0.1) is 0 Å². The Morgan fingerprint density at radius 2 is 2.07 bits per heavy atom. The number of nitrogens with zero attached hydrogens (tertiary/aromatic N) is 1. The number of rotatable bonds is 4. The highest BCUT2D eigenvalue weighted by molar-refractivity contribution is 5.93. The minimum atomic E-state index is -0.697. The summed E-state index contributed by atoms with van der Waals surface area (Å²) in [4.78, 5) is 25.2. The molecule has 0 saturated carbocycles. The number of amides is 1. The van der Waals surface area contributed by atoms with Crippen molar-refractivity contribution in [2.45, 2.75) is 52.2 Å². The number of ether oxygens (including phenoxy) is 1. The van der Waals surface area contributed by atoms with Crippen molar-refractivity contribution in [1.29, 1.82) is 0 Å². The fraction of sp³-hybridized carbons (Fsp3) is 0.476. The first-order valence-electron chi connectivity index (χ1n) is 9.22. The summed E-state index contributed by atoms with van der Waals surface area (Å²) in [6.45, 7) is 8.24. The van der Waals surface area contributed by atoms with Gasteiger partial charge in [0.05, 0.1) is 5.57 Å². The topological polar surface area (TPSA) is 58.6 Å². The number of hydrogen-bond donors (Lipinski definition) is 1. The second-order valence-electron chi connectivity index (χ2n) is 7.88. The minimum absolute atomic E-state index is 0.0391. The van der Waals surface area contributed by atoms with E-state index >= 15 is 0 Å². The van der Waals surface area contributed by atoms with E-state index in [-0.39, 0.29) is 23.3 Å². The number of benzene rings is 1. The first-order chi connectivity index (χ1) is 13.1. The van der Waals surface area contributed by atoms with E-state index in [0.717, 1.165) is 31.0 Å². The predicted molar refractivity (Wildman–Crippen MR) is 103 cm³/mol. The molecule has 2 rings (SSSR count). The van der Waals surface area contributed by atoms with Crippen LogP contribution in [0.1, 0.15) is 46.1 Å². The van der Waals surface area contributed by atoms with Gasteiger partial charge in [-0.2, -0.15) is 0 Å². The maximum absolute atomic E-state index is 13.9. The van der Waals surface area contributed by atoms with Gasteiger partial charge in [0.15, 0.2) is 0 Å². The lowest BCUT2D eigenvalue weighted by Gasteiger charge is -2.35. The maximum Gasteiger partial charge on any atom is 0.410 e. The van der Waals surface area contributed by atoms with Crippen LogP contribution >= 0.6 is 0 Å². The zero-order valence-electron chi connectivity index (χ0n) is 16.6. The Bertz CT molecular complexity index is 808. The second kappa shape index (κ2) is 9.02. The number of allylic oxidation sites excluding steroid dienone is 3. The molecule has 1 N–H and O–H groups in total. The van der Waals surface area contributed by atoms with Gasteiger partial charge in [-0.05, 0) is 64.8 Å². The zero-order valence-corrected chi connectivity index (χ0v) is 16.6. The molecule has 1 atom stereocenters. The molecule has 1 heterocycles. The molecule has 1 unspecified atom stereocenters. The van der Waals surface area contributed by atoms with Crippen LogP contribution < -0.4 is 5.32 Å². The fourth-order valence-electron chi connectivity index (χ4n) is 3.03. The first-order valence-corrected chi connectivity index (χ1v) is 9.22. The highest BCUT2D eigenvalue weighted by Crippen LogP contribution is 2.20. The highest BCUT2D eigenvalue weighted by atomic mass is 19.1. The molecule has 0 aromatic heterocycles. The van der Waals surface area contributed by atoms with Crippen LogP contribution in [0.15, 0.2) is 30.0 Å². The Balaban J connectivity index is 2.06. The van der Waals surface area contributed by atoms with Crippen LogP contribution in [-0.4, -0.2) is 41.7 Å². The first kappa shape index (κ1) is 21.6. The largest absolute Gasteiger partial charge is 0.444 e. The SMILES string of the molecule is C/C(=C/C(=C=O)c1cc(F)ccc1F)NC1CCCN(C(=O)OC(C)(C)C)C1. The number of halogens is 2. The molecule has 1 saturated heterocycles. The van der Waals surface area contributed by atoms with Crippen molar-refractivity contribution < 1.29 is 23.1 Å². The number of carbonyl (C=O) groups excluding carboxylic acids is 2. The van der Waals surface area contributed by atoms with Gasteiger partial charge in [0.25, 0.3) is 0 Å². The number of carbonyl (C=O) groups is 1. The lowest BCUT2D eigenvalue weighted by Crippen LogP contribution is -2.48. The summed E-state index contributed by atoms with van der Waals surface area (Å²) >= 11 is 0. The number of likely N-dealkylation sites (tertiary alicyclic amines) is 1. The number of nitrogens with one attached hydrogen (secondary N) is 1. The minimum Gasteiger partial charge on any atom is -0.444 e. The Morgan fingerprint density at radius 1 is 1.36 bits per heavy atom. The molecule has 0 spiro atoms. The van der Waals surface area contributed by atoms with Crippen molar-refractivity contribution in [3.8, 4) is 0 Å². The van der Waals surface area contributed by atoms with Gasteiger partial charge in [-0.1, -0.05) is 0 Å². The van der Waals surface area contributed by atoms with Gasteiger partial charge in [0.1, 0.15) is 23.2 Å². The summed E-state index contributed by atoms with van der Waals surface area (Å²) in [6, 6.07) is 2.88. The van der Waals surface area contributed by atoms with Crippen molar-refractivity contribution in [3.63, 3.8) is 0 Å². The second-order valence-corrected chi connectivity index (χ2v) is 7.88. The third kappa shape index (κ3) is 6.20. The van der Waals surface area contributed by atoms with Gasteiger partial charge in [-0.25, -0.2) is 18.4 Å². The van der Waals surface area contributed by atoms with E-state index in [0.29, 0.717) is 18.8 Å². The normalized spacial score (nSPS) is 17.7. The van der Waals surface area contributed by atoms with E-state index in [1.54, 1.807) is 17.8 Å². The van der Waals surface area contributed by atoms with E-state index in [1.165, 1.54) is 6.08 Å². The van der Waals surface area contributed by atoms with Crippen molar-refractivity contribution in [2.24, 2.45) is 0 Å². The van der Waals surface area contributed by atoms with Crippen molar-refractivity contribution in [1.82, 2.24) is 10.2 Å². The van der Waals surface area contributed by atoms with Crippen LogP contribution in [0.4, 0.5) is 13.6 Å². The monoisotopic (exact) mass is 392 g/mol. The number of piperidine rings is 1. The molecular weight excluding hydrogens is 366 g/mol. The van der Waals surface area contributed by atoms with Crippen LogP contribution in [0.5, 0.6) is 0 Å². The molecule has 1 fully saturated rings. The Kier molecular flexibility index (Phi) is 6.97. The summed E-state index contributed by atoms with van der Waals surface area (Å²) in [5.74, 6) is 0.334. The third-order valence-electron chi connectivity index (χ3n) is 4.19. The van der Waals surface area contributed by atoms with Crippen LogP contribution in [0.3, 0.4) is 0 Å². The highest BCUT2D eigenvalue weighted by Gasteiger charge is 2.27. The summed E-state index contributed by atoms with van der Waals surface area (Å²) in [7, 11) is 0. The summed E-state index contributed by atoms with van der Waals surface area (Å²) in [6.07, 6.45) is 2.70. The summed E-state index contributed by atoms with van der Waals surface area (Å²) < 4.78 is 32.7. The molecular formula is C21H26F2N2O3. The summed E-state index contributed by atoms with van der Waals surface area (Å²) in [5.41, 5.74) is -0.193. The van der Waals surface area contributed by atoms with Crippen LogP contribution in [-0.2, 0) is 9.53 Å². The quantitative estimate of drug-likeness (QED) is 0.620. The van der Waals surface area contributed by atoms with Crippen LogP contribution in [0.2, 0.25) is 0 Å². The molecule has 1 amide bonds. The molecule has 0 radical (unpaired) electrons. The molecule has 28 heavy (non-hydrogen) atoms. The molecule has 1 aliphatic rings. The Hall–Kier alpha value is -2.66. The average Bonchev–Trinajstić information content (AvgIpc) is 2.60. The summed E-state index contributed by atoms with van der Waals surface area (Å²) in [5, 5.41) is 3.23. The predicted octanol–water partition coefficient (Wildman–Crippen LogP) is 4.07. The standard InChI is InChI=1S/C21H26F2N2O3/c1-14(10-15(13-26)18-11-16(22)7-8-19(18)23)24-17-6-5-9-25(12-17)20(27)28-21(2,3)4/h7-8,10-11,17,24H,5-6,9,12H2,1-4H3/b14-10-. The third-order valence-corrected chi connectivity index (χ3v) is 4.19. The molecule has 1 aromatic rings. The lowest BCUT2D eigenvalue weighted by molar-refractivity contribution is 0.0191. The molecule has 0 aliphatic carbocycles. The smallest absolute Gasteiger partial charge is 0.410 e. The van der Waals surface area contributed by atoms with E-state index in [4.69, 9.17) is 4.74 Å². The van der Waals surface area contributed by atoms with Gasteiger partial charge < -0.3 is 15.0 Å². The van der Waals surface area contributed by atoms with Gasteiger partial charge in [-0.3, -0.25) is 0 Å². The van der Waals surface area contributed by atoms with Crippen molar-refractivity contribution >= 4 is 17.6 Å².